The third kappa shape index (κ3) is 2.76. The Bertz CT molecular complexity index is 382. The highest BCUT2D eigenvalue weighted by Crippen LogP contribution is 2.30. The van der Waals surface area contributed by atoms with Gasteiger partial charge < -0.3 is 10.4 Å². The summed E-state index contributed by atoms with van der Waals surface area (Å²) in [6.07, 6.45) is 3.18. The summed E-state index contributed by atoms with van der Waals surface area (Å²) in [5, 5.41) is 14.1. The van der Waals surface area contributed by atoms with E-state index in [0.29, 0.717) is 0 Å². The van der Waals surface area contributed by atoms with Crippen molar-refractivity contribution < 1.29 is 5.11 Å². The van der Waals surface area contributed by atoms with Crippen LogP contribution in [0.25, 0.3) is 0 Å². The Labute approximate surface area is 110 Å². The zero-order valence-electron chi connectivity index (χ0n) is 11.7. The van der Waals surface area contributed by atoms with Crippen LogP contribution in [0.5, 0.6) is 0 Å². The number of aryl methyl sites for hydroxylation is 2. The minimum absolute atomic E-state index is 0.212. The van der Waals surface area contributed by atoms with Gasteiger partial charge in [0.1, 0.15) is 0 Å². The van der Waals surface area contributed by atoms with E-state index < -0.39 is 0 Å². The number of aliphatic hydroxyl groups excluding tert-OH is 1. The van der Waals surface area contributed by atoms with Gasteiger partial charge in [-0.25, -0.2) is 0 Å². The lowest BCUT2D eigenvalue weighted by molar-refractivity contribution is 0.0969. The highest BCUT2D eigenvalue weighted by atomic mass is 16.3. The normalized spacial score (nSPS) is 26.0. The van der Waals surface area contributed by atoms with E-state index in [4.69, 9.17) is 0 Å². The SMILES string of the molecule is CCC1CCNC(C(O)c2c(C)cccc2C)C1. The molecule has 0 radical (unpaired) electrons. The van der Waals surface area contributed by atoms with Crippen molar-refractivity contribution in [2.75, 3.05) is 6.54 Å². The van der Waals surface area contributed by atoms with Gasteiger partial charge >= 0.3 is 0 Å². The summed E-state index contributed by atoms with van der Waals surface area (Å²) in [5.74, 6) is 0.759. The van der Waals surface area contributed by atoms with Crippen LogP contribution in [-0.2, 0) is 0 Å². The average Bonchev–Trinajstić information content (AvgIpc) is 2.38. The summed E-state index contributed by atoms with van der Waals surface area (Å²) in [5.41, 5.74) is 3.51. The molecule has 3 unspecified atom stereocenters. The Hall–Kier alpha value is -0.860. The Morgan fingerprint density at radius 3 is 2.61 bits per heavy atom. The molecule has 2 heteroatoms. The van der Waals surface area contributed by atoms with Crippen LogP contribution < -0.4 is 5.32 Å². The summed E-state index contributed by atoms with van der Waals surface area (Å²) in [6, 6.07) is 6.45. The quantitative estimate of drug-likeness (QED) is 0.860. The first kappa shape index (κ1) is 13.6. The Balaban J connectivity index is 2.17. The predicted molar refractivity (Wildman–Crippen MR) is 75.7 cm³/mol. The van der Waals surface area contributed by atoms with Gasteiger partial charge in [-0.3, -0.25) is 0 Å². The standard InChI is InChI=1S/C16H25NO/c1-4-13-8-9-17-14(10-13)16(18)15-11(2)6-5-7-12(15)3/h5-7,13-14,16-18H,4,8-10H2,1-3H3. The number of aliphatic hydroxyl groups is 1. The monoisotopic (exact) mass is 247 g/mol. The maximum Gasteiger partial charge on any atom is 0.0948 e. The molecule has 100 valence electrons. The molecule has 1 aromatic carbocycles. The molecular weight excluding hydrogens is 222 g/mol. The third-order valence-corrected chi connectivity index (χ3v) is 4.34. The molecule has 0 spiro atoms. The van der Waals surface area contributed by atoms with E-state index in [1.165, 1.54) is 24.0 Å². The van der Waals surface area contributed by atoms with Crippen molar-refractivity contribution in [3.05, 3.63) is 34.9 Å². The maximum absolute atomic E-state index is 10.7. The van der Waals surface area contributed by atoms with Crippen molar-refractivity contribution in [3.8, 4) is 0 Å². The molecule has 3 atom stereocenters. The maximum atomic E-state index is 10.7. The second-order valence-corrected chi connectivity index (χ2v) is 5.61. The van der Waals surface area contributed by atoms with Crippen LogP contribution in [0, 0.1) is 19.8 Å². The van der Waals surface area contributed by atoms with Crippen LogP contribution in [0.2, 0.25) is 0 Å². The highest BCUT2D eigenvalue weighted by molar-refractivity contribution is 5.36. The zero-order valence-corrected chi connectivity index (χ0v) is 11.7. The van der Waals surface area contributed by atoms with E-state index in [9.17, 15) is 5.11 Å². The molecule has 0 aliphatic carbocycles. The number of piperidine rings is 1. The molecule has 18 heavy (non-hydrogen) atoms. The lowest BCUT2D eigenvalue weighted by atomic mass is 9.84. The van der Waals surface area contributed by atoms with E-state index in [-0.39, 0.29) is 12.1 Å². The molecule has 0 bridgehead atoms. The fourth-order valence-electron chi connectivity index (χ4n) is 3.14. The first-order valence-electron chi connectivity index (χ1n) is 7.11. The largest absolute Gasteiger partial charge is 0.387 e. The minimum atomic E-state index is -0.374. The van der Waals surface area contributed by atoms with Crippen LogP contribution in [0.3, 0.4) is 0 Å². The van der Waals surface area contributed by atoms with Gasteiger partial charge in [-0.15, -0.1) is 0 Å². The van der Waals surface area contributed by atoms with Gasteiger partial charge in [0, 0.05) is 6.04 Å². The molecule has 0 saturated carbocycles. The lowest BCUT2D eigenvalue weighted by Crippen LogP contribution is -2.42. The topological polar surface area (TPSA) is 32.3 Å². The van der Waals surface area contributed by atoms with E-state index in [2.05, 4.69) is 44.3 Å². The van der Waals surface area contributed by atoms with Gasteiger partial charge in [-0.05, 0) is 55.8 Å². The summed E-state index contributed by atoms with van der Waals surface area (Å²) >= 11 is 0. The molecule has 2 nitrogen and oxygen atoms in total. The number of hydrogen-bond acceptors (Lipinski definition) is 2. The van der Waals surface area contributed by atoms with Gasteiger partial charge in [0.25, 0.3) is 0 Å². The van der Waals surface area contributed by atoms with Gasteiger partial charge in [0.05, 0.1) is 6.10 Å². The number of rotatable bonds is 3. The summed E-state index contributed by atoms with van der Waals surface area (Å²) in [7, 11) is 0. The first-order valence-corrected chi connectivity index (χ1v) is 7.11. The van der Waals surface area contributed by atoms with E-state index >= 15 is 0 Å². The van der Waals surface area contributed by atoms with E-state index in [1.54, 1.807) is 0 Å². The summed E-state index contributed by atoms with van der Waals surface area (Å²) < 4.78 is 0. The lowest BCUT2D eigenvalue weighted by Gasteiger charge is -2.34. The molecule has 1 aromatic rings. The Morgan fingerprint density at radius 2 is 2.00 bits per heavy atom. The van der Waals surface area contributed by atoms with Crippen LogP contribution in [-0.4, -0.2) is 17.7 Å². The van der Waals surface area contributed by atoms with Crippen molar-refractivity contribution in [3.63, 3.8) is 0 Å². The fraction of sp³-hybridized carbons (Fsp3) is 0.625. The predicted octanol–water partition coefficient (Wildman–Crippen LogP) is 3.12. The van der Waals surface area contributed by atoms with Gasteiger partial charge in [0.2, 0.25) is 0 Å². The van der Waals surface area contributed by atoms with Crippen molar-refractivity contribution in [2.45, 2.75) is 52.2 Å². The molecule has 0 aromatic heterocycles. The molecule has 1 fully saturated rings. The van der Waals surface area contributed by atoms with Crippen molar-refractivity contribution in [2.24, 2.45) is 5.92 Å². The Kier molecular flexibility index (Phi) is 4.41. The third-order valence-electron chi connectivity index (χ3n) is 4.34. The van der Waals surface area contributed by atoms with Crippen molar-refractivity contribution in [1.82, 2.24) is 5.32 Å². The highest BCUT2D eigenvalue weighted by Gasteiger charge is 2.28. The molecule has 0 amide bonds. The van der Waals surface area contributed by atoms with E-state index in [0.717, 1.165) is 24.4 Å². The smallest absolute Gasteiger partial charge is 0.0948 e. The number of nitrogens with one attached hydrogen (secondary N) is 1. The van der Waals surface area contributed by atoms with Crippen LogP contribution in [0.4, 0.5) is 0 Å². The molecule has 1 heterocycles. The molecule has 1 aliphatic rings. The van der Waals surface area contributed by atoms with Crippen molar-refractivity contribution in [1.29, 1.82) is 0 Å². The molecule has 1 aliphatic heterocycles. The summed E-state index contributed by atoms with van der Waals surface area (Å²) in [4.78, 5) is 0. The second-order valence-electron chi connectivity index (χ2n) is 5.61. The fourth-order valence-corrected chi connectivity index (χ4v) is 3.14. The van der Waals surface area contributed by atoms with Gasteiger partial charge in [0.15, 0.2) is 0 Å². The first-order chi connectivity index (χ1) is 8.63. The Morgan fingerprint density at radius 1 is 1.33 bits per heavy atom. The molecular formula is C16H25NO. The second kappa shape index (κ2) is 5.85. The van der Waals surface area contributed by atoms with E-state index in [1.807, 2.05) is 0 Å². The molecule has 2 N–H and O–H groups in total. The van der Waals surface area contributed by atoms with Crippen LogP contribution in [0.1, 0.15) is 49.0 Å². The van der Waals surface area contributed by atoms with Crippen LogP contribution >= 0.6 is 0 Å². The van der Waals surface area contributed by atoms with Gasteiger partial charge in [-0.2, -0.15) is 0 Å². The summed E-state index contributed by atoms with van der Waals surface area (Å²) in [6.45, 7) is 7.46. The average molecular weight is 247 g/mol. The van der Waals surface area contributed by atoms with Crippen molar-refractivity contribution >= 4 is 0 Å². The van der Waals surface area contributed by atoms with Gasteiger partial charge in [-0.1, -0.05) is 31.5 Å². The molecule has 2 rings (SSSR count). The zero-order chi connectivity index (χ0) is 13.1. The number of benzene rings is 1. The number of hydrogen-bond donors (Lipinski definition) is 2. The van der Waals surface area contributed by atoms with Crippen LogP contribution in [0.15, 0.2) is 18.2 Å². The molecule has 1 saturated heterocycles. The minimum Gasteiger partial charge on any atom is -0.387 e.